The molecule has 0 aliphatic heterocycles. The molecule has 0 saturated heterocycles. The Hall–Kier alpha value is -2.18. The van der Waals surface area contributed by atoms with Gasteiger partial charge in [0.05, 0.1) is 0 Å². The molecule has 6 rings (SSSR count). The van der Waals surface area contributed by atoms with E-state index in [0.717, 1.165) is 6.42 Å². The van der Waals surface area contributed by atoms with E-state index in [4.69, 9.17) is 0 Å². The van der Waals surface area contributed by atoms with Crippen molar-refractivity contribution in [2.45, 2.75) is 41.0 Å². The second kappa shape index (κ2) is 16.6. The van der Waals surface area contributed by atoms with Crippen LogP contribution in [0, 0.1) is 13.8 Å². The van der Waals surface area contributed by atoms with Gasteiger partial charge in [-0.05, 0) is 6.42 Å². The maximum absolute atomic E-state index is 2.26. The van der Waals surface area contributed by atoms with Gasteiger partial charge in [-0.1, -0.05) is 39.0 Å². The van der Waals surface area contributed by atoms with Gasteiger partial charge < -0.3 is 0 Å². The fourth-order valence-electron chi connectivity index (χ4n) is 4.03. The number of aryl methyl sites for hydroxylation is 3. The number of rotatable bonds is 1. The van der Waals surface area contributed by atoms with Crippen molar-refractivity contribution in [3.63, 3.8) is 0 Å². The van der Waals surface area contributed by atoms with E-state index in [0.29, 0.717) is 0 Å². The normalized spacial score (nSPS) is 9.51. The smallest absolute Gasteiger partial charge is 0.0579 e. The van der Waals surface area contributed by atoms with Crippen LogP contribution in [0.1, 0.15) is 37.5 Å². The molecule has 0 nitrogen and oxygen atoms in total. The summed E-state index contributed by atoms with van der Waals surface area (Å²) in [6.45, 7) is 10.7. The first kappa shape index (κ1) is 32.9. The van der Waals surface area contributed by atoms with Gasteiger partial charge in [-0.3, -0.25) is 0 Å². The van der Waals surface area contributed by atoms with Gasteiger partial charge >= 0.3 is 41.3 Å². The van der Waals surface area contributed by atoms with Crippen molar-refractivity contribution in [2.24, 2.45) is 0 Å². The first-order valence-electron chi connectivity index (χ1n) is 12.3. The molecule has 0 saturated carbocycles. The van der Waals surface area contributed by atoms with Crippen molar-refractivity contribution in [1.29, 1.82) is 0 Å². The number of hydrogen-bond acceptors (Lipinski definition) is 0. The molecule has 0 fully saturated rings. The van der Waals surface area contributed by atoms with E-state index in [1.165, 1.54) is 52.2 Å². The molecule has 0 aliphatic rings. The third-order valence-electron chi connectivity index (χ3n) is 5.61. The molecule has 0 unspecified atom stereocenters. The summed E-state index contributed by atoms with van der Waals surface area (Å²) < 4.78 is 1.51. The van der Waals surface area contributed by atoms with Crippen molar-refractivity contribution < 1.29 is 24.2 Å². The van der Waals surface area contributed by atoms with Gasteiger partial charge in [0, 0.05) is 0 Å². The van der Waals surface area contributed by atoms with E-state index >= 15 is 0 Å². The zero-order chi connectivity index (χ0) is 25.2. The standard InChI is InChI=1S/C11H11.2C10H9.C3H6.2ClH.Zr/c1-2-9-7-10-5-3-4-6-11(10)8-9;2*1-8-6-9-4-2-3-5-10(9)7-8;1-3-2;;;/h3-8H,2H2,1H3;2*2-7H,1H3;1-2H3;2*1H;/q3*-1;;;;. The summed E-state index contributed by atoms with van der Waals surface area (Å²) >= 11 is 1.55. The quantitative estimate of drug-likeness (QED) is 0.163. The Balaban J connectivity index is 0.000000253. The molecule has 0 radical (unpaired) electrons. The Morgan fingerprint density at radius 1 is 0.595 bits per heavy atom. The van der Waals surface area contributed by atoms with Crippen molar-refractivity contribution in [1.82, 2.24) is 0 Å². The Morgan fingerprint density at radius 2 is 0.919 bits per heavy atom. The molecule has 0 spiro atoms. The zero-order valence-corrected chi connectivity index (χ0v) is 26.5. The van der Waals surface area contributed by atoms with E-state index in [2.05, 4.69) is 144 Å². The maximum atomic E-state index is 2.26. The average molecular weight is 608 g/mol. The Bertz CT molecular complexity index is 1320. The molecule has 0 aliphatic carbocycles. The van der Waals surface area contributed by atoms with Gasteiger partial charge in [0.25, 0.3) is 0 Å². The monoisotopic (exact) mass is 605 g/mol. The van der Waals surface area contributed by atoms with Crippen LogP contribution in [0.4, 0.5) is 0 Å². The van der Waals surface area contributed by atoms with Gasteiger partial charge in [-0.25, -0.2) is 0 Å². The molecule has 6 aromatic rings. The Labute approximate surface area is 250 Å². The Kier molecular flexibility index (Phi) is 14.8. The molecule has 0 atom stereocenters. The molecule has 0 bridgehead atoms. The fraction of sp³-hybridized carbons (Fsp3) is 0.176. The third-order valence-corrected chi connectivity index (χ3v) is 5.61. The summed E-state index contributed by atoms with van der Waals surface area (Å²) in [4.78, 5) is 0. The minimum Gasteiger partial charge on any atom is -0.165 e. The summed E-state index contributed by atoms with van der Waals surface area (Å²) in [5, 5.41) is 8.12. The number of fused-ring (bicyclic) bond motifs is 3. The molecule has 0 N–H and O–H groups in total. The van der Waals surface area contributed by atoms with E-state index in [1.807, 2.05) is 0 Å². The molecule has 194 valence electrons. The molecule has 6 aromatic carbocycles. The first-order valence-corrected chi connectivity index (χ1v) is 13.5. The van der Waals surface area contributed by atoms with Gasteiger partial charge in [0.1, 0.15) is 0 Å². The average Bonchev–Trinajstić information content (AvgIpc) is 3.53. The van der Waals surface area contributed by atoms with Crippen LogP contribution in [0.25, 0.3) is 32.3 Å². The fourth-order valence-corrected chi connectivity index (χ4v) is 4.03. The first-order chi connectivity index (χ1) is 16.9. The van der Waals surface area contributed by atoms with Crippen LogP contribution >= 0.6 is 24.8 Å². The van der Waals surface area contributed by atoms with E-state index in [9.17, 15) is 0 Å². The second-order valence-corrected chi connectivity index (χ2v) is 11.6. The number of halogens is 2. The van der Waals surface area contributed by atoms with Crippen molar-refractivity contribution in [3.8, 4) is 0 Å². The van der Waals surface area contributed by atoms with Gasteiger partial charge in [-0.15, -0.1) is 147 Å². The topological polar surface area (TPSA) is 0 Å². The second-order valence-electron chi connectivity index (χ2n) is 9.17. The van der Waals surface area contributed by atoms with E-state index < -0.39 is 0 Å². The zero-order valence-electron chi connectivity index (χ0n) is 22.4. The van der Waals surface area contributed by atoms with Gasteiger partial charge in [0.15, 0.2) is 0 Å². The van der Waals surface area contributed by atoms with Crippen LogP contribution in [0.5, 0.6) is 0 Å². The van der Waals surface area contributed by atoms with Gasteiger partial charge in [0.2, 0.25) is 0 Å². The van der Waals surface area contributed by atoms with Crippen molar-refractivity contribution in [3.05, 3.63) is 126 Å². The minimum atomic E-state index is 0. The predicted molar refractivity (Wildman–Crippen MR) is 168 cm³/mol. The Morgan fingerprint density at radius 3 is 1.24 bits per heavy atom. The molecule has 37 heavy (non-hydrogen) atoms. The van der Waals surface area contributed by atoms with Crippen LogP contribution in [0.2, 0.25) is 0 Å². The summed E-state index contributed by atoms with van der Waals surface area (Å²) in [5.74, 6) is 0. The summed E-state index contributed by atoms with van der Waals surface area (Å²) in [6.07, 6.45) is 1.13. The predicted octanol–water partition coefficient (Wildman–Crippen LogP) is 10.4. The summed E-state index contributed by atoms with van der Waals surface area (Å²) in [5.41, 5.74) is 4.13. The van der Waals surface area contributed by atoms with E-state index in [1.54, 1.807) is 24.2 Å². The summed E-state index contributed by atoms with van der Waals surface area (Å²) in [6, 6.07) is 38.7. The van der Waals surface area contributed by atoms with Crippen LogP contribution in [0.3, 0.4) is 0 Å². The minimum absolute atomic E-state index is 0. The molecule has 0 aromatic heterocycles. The molecular weight excluding hydrogens is 571 g/mol. The van der Waals surface area contributed by atoms with Crippen LogP contribution in [0.15, 0.2) is 109 Å². The third kappa shape index (κ3) is 10.6. The van der Waals surface area contributed by atoms with Crippen LogP contribution in [-0.4, -0.2) is 3.21 Å². The SMILES string of the molecule is CCc1cc2ccccc2[cH-]1.C[C](C)=[Zr].Cc1cc2ccccc2[cH-]1.Cc1cc2ccccc2[cH-]1.Cl.Cl. The summed E-state index contributed by atoms with van der Waals surface area (Å²) in [7, 11) is 0. The van der Waals surface area contributed by atoms with E-state index in [-0.39, 0.29) is 24.8 Å². The van der Waals surface area contributed by atoms with Crippen LogP contribution < -0.4 is 0 Å². The molecule has 3 heteroatoms. The molecule has 0 amide bonds. The maximum Gasteiger partial charge on any atom is -0.0579 e. The van der Waals surface area contributed by atoms with Crippen molar-refractivity contribution >= 4 is 60.3 Å². The van der Waals surface area contributed by atoms with Crippen molar-refractivity contribution in [2.75, 3.05) is 0 Å². The van der Waals surface area contributed by atoms with Crippen LogP contribution in [-0.2, 0) is 30.7 Å². The molecular formula is C34H37Cl2Zr-3. The largest absolute Gasteiger partial charge is 0.165 e. The molecule has 0 heterocycles. The number of benzene rings is 3. The van der Waals surface area contributed by atoms with Gasteiger partial charge in [-0.2, -0.15) is 18.2 Å². The number of hydrogen-bond donors (Lipinski definition) is 0.